The summed E-state index contributed by atoms with van der Waals surface area (Å²) in [5.74, 6) is -0.425. The molecule has 0 fully saturated rings. The van der Waals surface area contributed by atoms with E-state index >= 15 is 0 Å². The van der Waals surface area contributed by atoms with Crippen LogP contribution in [0.15, 0.2) is 59.5 Å². The Morgan fingerprint density at radius 3 is 2.03 bits per heavy atom. The average Bonchev–Trinajstić information content (AvgIpc) is 2.84. The van der Waals surface area contributed by atoms with Crippen molar-refractivity contribution in [2.45, 2.75) is 88.7 Å². The molecule has 6 nitrogen and oxygen atoms in total. The van der Waals surface area contributed by atoms with E-state index < -0.39 is 22.0 Å². The molecule has 1 atom stereocenters. The van der Waals surface area contributed by atoms with E-state index in [4.69, 9.17) is 4.74 Å². The van der Waals surface area contributed by atoms with Crippen molar-refractivity contribution in [2.75, 3.05) is 27.7 Å². The first-order chi connectivity index (χ1) is 17.6. The van der Waals surface area contributed by atoms with Crippen LogP contribution >= 0.6 is 0 Å². The van der Waals surface area contributed by atoms with Crippen molar-refractivity contribution in [1.82, 2.24) is 4.72 Å². The molecule has 1 N–H and O–H groups in total. The molecule has 0 aliphatic carbocycles. The number of aryl methyl sites for hydroxylation is 1. The Balaban J connectivity index is 1.89. The van der Waals surface area contributed by atoms with E-state index in [0.717, 1.165) is 24.0 Å². The molecule has 0 amide bonds. The molecule has 0 spiro atoms. The Bertz CT molecular complexity index is 1020. The molecule has 0 unspecified atom stereocenters. The van der Waals surface area contributed by atoms with Crippen LogP contribution < -0.4 is 4.72 Å². The van der Waals surface area contributed by atoms with Gasteiger partial charge in [-0.25, -0.2) is 13.1 Å². The monoisotopic (exact) mass is 531 g/mol. The van der Waals surface area contributed by atoms with Gasteiger partial charge in [-0.15, -0.1) is 0 Å². The smallest absolute Gasteiger partial charge is 0.307 e. The molecule has 7 heteroatoms. The molecular formula is C30H47N2O4S+. The number of nitrogens with one attached hydrogen (secondary N) is 1. The van der Waals surface area contributed by atoms with E-state index in [0.29, 0.717) is 11.0 Å². The van der Waals surface area contributed by atoms with Crippen molar-refractivity contribution in [1.29, 1.82) is 0 Å². The van der Waals surface area contributed by atoms with Crippen LogP contribution in [0.3, 0.4) is 0 Å². The number of benzene rings is 2. The number of rotatable bonds is 18. The minimum atomic E-state index is -3.77. The van der Waals surface area contributed by atoms with Gasteiger partial charge in [0, 0.05) is 0 Å². The summed E-state index contributed by atoms with van der Waals surface area (Å²) in [5, 5.41) is 0. The Hall–Kier alpha value is -2.22. The zero-order valence-corrected chi connectivity index (χ0v) is 24.1. The van der Waals surface area contributed by atoms with Gasteiger partial charge in [-0.1, -0.05) is 94.3 Å². The fourth-order valence-corrected chi connectivity index (χ4v) is 5.62. The predicted octanol–water partition coefficient (Wildman–Crippen LogP) is 5.86. The van der Waals surface area contributed by atoms with Gasteiger partial charge in [0.1, 0.15) is 6.61 Å². The zero-order chi connectivity index (χ0) is 27.2. The van der Waals surface area contributed by atoms with Crippen molar-refractivity contribution in [2.24, 2.45) is 0 Å². The second-order valence-electron chi connectivity index (χ2n) is 11.0. The summed E-state index contributed by atoms with van der Waals surface area (Å²) in [6.07, 6.45) is 11.1. The van der Waals surface area contributed by atoms with Gasteiger partial charge in [0.15, 0.2) is 0 Å². The van der Waals surface area contributed by atoms with Crippen molar-refractivity contribution < 1.29 is 22.4 Å². The van der Waals surface area contributed by atoms with Gasteiger partial charge in [0.2, 0.25) is 10.0 Å². The molecule has 2 rings (SSSR count). The maximum atomic E-state index is 13.1. The summed E-state index contributed by atoms with van der Waals surface area (Å²) >= 11 is 0. The summed E-state index contributed by atoms with van der Waals surface area (Å²) in [6.45, 7) is 2.86. The normalized spacial score (nSPS) is 12.9. The lowest BCUT2D eigenvalue weighted by atomic mass is 10.0. The Kier molecular flexibility index (Phi) is 13.3. The third kappa shape index (κ3) is 13.2. The minimum Gasteiger partial charge on any atom is -0.461 e. The molecule has 0 aliphatic heterocycles. The molecule has 0 aliphatic rings. The number of esters is 1. The van der Waals surface area contributed by atoms with Crippen LogP contribution in [-0.4, -0.2) is 52.6 Å². The first kappa shape index (κ1) is 31.0. The lowest BCUT2D eigenvalue weighted by molar-refractivity contribution is -0.871. The van der Waals surface area contributed by atoms with E-state index in [2.05, 4.69) is 11.6 Å². The van der Waals surface area contributed by atoms with E-state index in [1.807, 2.05) is 63.6 Å². The van der Waals surface area contributed by atoms with Crippen LogP contribution in [0.25, 0.3) is 0 Å². The maximum absolute atomic E-state index is 13.1. The van der Waals surface area contributed by atoms with Crippen LogP contribution in [-0.2, 0) is 32.6 Å². The van der Waals surface area contributed by atoms with Gasteiger partial charge in [-0.3, -0.25) is 4.79 Å². The molecule has 2 aromatic carbocycles. The van der Waals surface area contributed by atoms with Gasteiger partial charge in [0.25, 0.3) is 0 Å². The highest BCUT2D eigenvalue weighted by molar-refractivity contribution is 7.89. The van der Waals surface area contributed by atoms with Crippen molar-refractivity contribution in [3.8, 4) is 0 Å². The summed E-state index contributed by atoms with van der Waals surface area (Å²) in [6, 6.07) is 16.0. The topological polar surface area (TPSA) is 72.5 Å². The molecule has 0 aromatic heterocycles. The van der Waals surface area contributed by atoms with Crippen molar-refractivity contribution in [3.05, 3.63) is 65.7 Å². The first-order valence-electron chi connectivity index (χ1n) is 13.7. The number of carbonyl (C=O) groups is 1. The van der Waals surface area contributed by atoms with Crippen LogP contribution in [0, 0.1) is 0 Å². The van der Waals surface area contributed by atoms with E-state index in [1.54, 1.807) is 12.1 Å². The minimum absolute atomic E-state index is 0.0297. The summed E-state index contributed by atoms with van der Waals surface area (Å²) in [4.78, 5) is 12.7. The van der Waals surface area contributed by atoms with Gasteiger partial charge in [0.05, 0.1) is 45.0 Å². The Morgan fingerprint density at radius 1 is 0.838 bits per heavy atom. The fourth-order valence-electron chi connectivity index (χ4n) is 4.39. The lowest BCUT2D eigenvalue weighted by Gasteiger charge is -2.29. The number of carbonyl (C=O) groups excluding carboxylic acids is 1. The molecule has 0 saturated heterocycles. The fraction of sp³-hybridized carbons (Fsp3) is 0.567. The third-order valence-corrected chi connectivity index (χ3v) is 7.83. The molecule has 206 valence electrons. The van der Waals surface area contributed by atoms with Crippen LogP contribution in [0.4, 0.5) is 0 Å². The molecule has 0 saturated carbocycles. The van der Waals surface area contributed by atoms with Crippen molar-refractivity contribution >= 4 is 16.0 Å². The Morgan fingerprint density at radius 2 is 1.43 bits per heavy atom. The number of nitrogens with zero attached hydrogens (tertiary/aromatic N) is 1. The second kappa shape index (κ2) is 15.9. The molecule has 2 aromatic rings. The quantitative estimate of drug-likeness (QED) is 0.149. The zero-order valence-electron chi connectivity index (χ0n) is 23.2. The number of likely N-dealkylation sites (N-methyl/N-ethyl adjacent to an activating group) is 1. The summed E-state index contributed by atoms with van der Waals surface area (Å²) in [7, 11) is 2.14. The van der Waals surface area contributed by atoms with E-state index in [-0.39, 0.29) is 17.9 Å². The number of sulfonamides is 1. The van der Waals surface area contributed by atoms with Crippen LogP contribution in [0.1, 0.15) is 75.8 Å². The lowest BCUT2D eigenvalue weighted by Crippen LogP contribution is -2.49. The molecule has 0 radical (unpaired) electrons. The Labute approximate surface area is 225 Å². The summed E-state index contributed by atoms with van der Waals surface area (Å²) < 4.78 is 34.9. The molecule has 0 bridgehead atoms. The largest absolute Gasteiger partial charge is 0.461 e. The van der Waals surface area contributed by atoms with E-state index in [1.165, 1.54) is 44.9 Å². The predicted molar refractivity (Wildman–Crippen MR) is 151 cm³/mol. The molecular weight excluding hydrogens is 484 g/mol. The van der Waals surface area contributed by atoms with Gasteiger partial charge < -0.3 is 9.22 Å². The number of hydrogen-bond donors (Lipinski definition) is 1. The summed E-state index contributed by atoms with van der Waals surface area (Å²) in [5.41, 5.74) is 2.05. The van der Waals surface area contributed by atoms with Gasteiger partial charge >= 0.3 is 5.97 Å². The number of ether oxygens (including phenoxy) is 1. The van der Waals surface area contributed by atoms with Crippen LogP contribution in [0.2, 0.25) is 0 Å². The average molecular weight is 532 g/mol. The highest BCUT2D eigenvalue weighted by atomic mass is 32.2. The highest BCUT2D eigenvalue weighted by Crippen LogP contribution is 2.16. The SMILES string of the molecule is CCCCCCCCCCc1ccc(S(=O)(=O)N[C@H](CC(=O)OCc2ccccc2)C[N+](C)(C)C)cc1. The van der Waals surface area contributed by atoms with Gasteiger partial charge in [-0.05, 0) is 36.1 Å². The number of hydrogen-bond acceptors (Lipinski definition) is 4. The molecule has 0 heterocycles. The van der Waals surface area contributed by atoms with E-state index in [9.17, 15) is 13.2 Å². The maximum Gasteiger partial charge on any atom is 0.307 e. The van der Waals surface area contributed by atoms with Crippen molar-refractivity contribution in [3.63, 3.8) is 0 Å². The number of quaternary nitrogens is 1. The second-order valence-corrected chi connectivity index (χ2v) is 12.7. The molecule has 37 heavy (non-hydrogen) atoms. The standard InChI is InChI=1S/C30H47N2O4S/c1-5-6-7-8-9-10-11-13-16-26-19-21-29(22-20-26)37(34,35)31-28(24-32(2,3)4)23-30(33)36-25-27-17-14-12-15-18-27/h12,14-15,17-22,28,31H,5-11,13,16,23-25H2,1-4H3/q+1/t28-/m1/s1. The highest BCUT2D eigenvalue weighted by Gasteiger charge is 2.27. The first-order valence-corrected chi connectivity index (χ1v) is 15.2. The van der Waals surface area contributed by atoms with Crippen LogP contribution in [0.5, 0.6) is 0 Å². The third-order valence-electron chi connectivity index (χ3n) is 6.30. The van der Waals surface area contributed by atoms with Gasteiger partial charge in [-0.2, -0.15) is 0 Å². The number of unbranched alkanes of at least 4 members (excludes halogenated alkanes) is 7.